The summed E-state index contributed by atoms with van der Waals surface area (Å²) < 4.78 is 27.9. The second kappa shape index (κ2) is 7.67. The summed E-state index contributed by atoms with van der Waals surface area (Å²) in [4.78, 5) is 24.9. The van der Waals surface area contributed by atoms with Crippen LogP contribution in [0, 0.1) is 0 Å². The second-order valence-corrected chi connectivity index (χ2v) is 7.66. The van der Waals surface area contributed by atoms with Crippen LogP contribution in [0.25, 0.3) is 44.2 Å². The van der Waals surface area contributed by atoms with E-state index in [0.29, 0.717) is 39.2 Å². The van der Waals surface area contributed by atoms with Gasteiger partial charge in [-0.15, -0.1) is 0 Å². The quantitative estimate of drug-likeness (QED) is 0.179. The van der Waals surface area contributed by atoms with Crippen LogP contribution < -0.4 is 15.1 Å². The Morgan fingerprint density at radius 3 is 2.50 bits per heavy atom. The maximum absolute atomic E-state index is 12.7. The van der Waals surface area contributed by atoms with Crippen LogP contribution in [-0.2, 0) is 0 Å². The Kier molecular flexibility index (Phi) is 4.48. The van der Waals surface area contributed by atoms with Crippen molar-refractivity contribution in [2.45, 2.75) is 0 Å². The number of hydrogen-bond donors (Lipinski definition) is 0. The first-order valence-electron chi connectivity index (χ1n) is 10.4. The molecule has 7 heteroatoms. The van der Waals surface area contributed by atoms with Crippen molar-refractivity contribution in [3.05, 3.63) is 95.0 Å². The Morgan fingerprint density at radius 2 is 1.65 bits per heavy atom. The minimum absolute atomic E-state index is 0.0884. The lowest BCUT2D eigenvalue weighted by atomic mass is 10.1. The lowest BCUT2D eigenvalue weighted by molar-refractivity contribution is 0.0704. The van der Waals surface area contributed by atoms with E-state index in [2.05, 4.69) is 0 Å². The highest BCUT2D eigenvalue weighted by molar-refractivity contribution is 5.97. The molecule has 34 heavy (non-hydrogen) atoms. The predicted octanol–water partition coefficient (Wildman–Crippen LogP) is 6.18. The highest BCUT2D eigenvalue weighted by Crippen LogP contribution is 2.36. The number of para-hydroxylation sites is 2. The number of fused-ring (bicyclic) bond motifs is 3. The topological polar surface area (TPSA) is 92.0 Å². The number of hydrogen-bond acceptors (Lipinski definition) is 7. The van der Waals surface area contributed by atoms with Gasteiger partial charge >= 0.3 is 11.6 Å². The summed E-state index contributed by atoms with van der Waals surface area (Å²) in [6, 6.07) is 22.4. The van der Waals surface area contributed by atoms with E-state index in [1.54, 1.807) is 43.5 Å². The Labute approximate surface area is 191 Å². The Morgan fingerprint density at radius 1 is 0.794 bits per heavy atom. The van der Waals surface area contributed by atoms with Crippen LogP contribution in [0.15, 0.2) is 96.9 Å². The largest absolute Gasteiger partial charge is 0.493 e. The third-order valence-electron chi connectivity index (χ3n) is 5.54. The van der Waals surface area contributed by atoms with Crippen molar-refractivity contribution >= 4 is 38.9 Å². The van der Waals surface area contributed by atoms with Crippen LogP contribution >= 0.6 is 0 Å². The molecule has 166 valence electrons. The first kappa shape index (κ1) is 19.9. The van der Waals surface area contributed by atoms with E-state index < -0.39 is 11.6 Å². The maximum atomic E-state index is 12.7. The van der Waals surface area contributed by atoms with Crippen molar-refractivity contribution in [2.24, 2.45) is 0 Å². The molecular weight excluding hydrogens is 436 g/mol. The van der Waals surface area contributed by atoms with Gasteiger partial charge in [-0.25, -0.2) is 9.59 Å². The minimum Gasteiger partial charge on any atom is -0.493 e. The fraction of sp³-hybridized carbons (Fsp3) is 0.0370. The summed E-state index contributed by atoms with van der Waals surface area (Å²) in [5.74, 6) is 0.754. The molecule has 0 amide bonds. The highest BCUT2D eigenvalue weighted by Gasteiger charge is 2.18. The van der Waals surface area contributed by atoms with Crippen LogP contribution in [-0.4, -0.2) is 13.1 Å². The Balaban J connectivity index is 1.42. The molecule has 6 rings (SSSR count). The number of rotatable bonds is 4. The van der Waals surface area contributed by atoms with Crippen LogP contribution in [0.2, 0.25) is 0 Å². The van der Waals surface area contributed by atoms with Gasteiger partial charge in [-0.05, 0) is 42.5 Å². The third kappa shape index (κ3) is 3.31. The van der Waals surface area contributed by atoms with E-state index in [9.17, 15) is 9.59 Å². The van der Waals surface area contributed by atoms with Gasteiger partial charge in [0, 0.05) is 27.8 Å². The number of carbonyl (C=O) groups excluding carboxylic acids is 1. The fourth-order valence-electron chi connectivity index (χ4n) is 3.98. The summed E-state index contributed by atoms with van der Waals surface area (Å²) >= 11 is 0. The Bertz CT molecular complexity index is 1730. The average Bonchev–Trinajstić information content (AvgIpc) is 3.48. The van der Waals surface area contributed by atoms with Crippen molar-refractivity contribution in [2.75, 3.05) is 7.11 Å². The van der Waals surface area contributed by atoms with Gasteiger partial charge in [0.1, 0.15) is 22.7 Å². The molecule has 0 unspecified atom stereocenters. The predicted molar refractivity (Wildman–Crippen MR) is 125 cm³/mol. The molecule has 0 aliphatic rings. The summed E-state index contributed by atoms with van der Waals surface area (Å²) in [7, 11) is 1.56. The number of methoxy groups -OCH3 is 1. The molecule has 0 N–H and O–H groups in total. The molecule has 0 saturated heterocycles. The van der Waals surface area contributed by atoms with E-state index in [4.69, 9.17) is 22.7 Å². The molecule has 0 aliphatic carbocycles. The van der Waals surface area contributed by atoms with Crippen LogP contribution in [0.5, 0.6) is 11.5 Å². The van der Waals surface area contributed by atoms with E-state index in [1.807, 2.05) is 36.4 Å². The molecule has 0 atom stereocenters. The van der Waals surface area contributed by atoms with Gasteiger partial charge in [-0.3, -0.25) is 0 Å². The lowest BCUT2D eigenvalue weighted by Crippen LogP contribution is -2.07. The molecule has 0 spiro atoms. The van der Waals surface area contributed by atoms with Crippen molar-refractivity contribution < 1.29 is 27.5 Å². The number of ether oxygens (including phenoxy) is 2. The fourth-order valence-corrected chi connectivity index (χ4v) is 3.98. The monoisotopic (exact) mass is 452 g/mol. The molecule has 7 nitrogen and oxygen atoms in total. The van der Waals surface area contributed by atoms with Gasteiger partial charge in [0.15, 0.2) is 11.3 Å². The minimum atomic E-state index is -0.636. The summed E-state index contributed by atoms with van der Waals surface area (Å²) in [5, 5.41) is 2.17. The van der Waals surface area contributed by atoms with Gasteiger partial charge in [0.05, 0.1) is 7.11 Å². The maximum Gasteiger partial charge on any atom is 0.379 e. The molecule has 3 aromatic carbocycles. The second-order valence-electron chi connectivity index (χ2n) is 7.66. The van der Waals surface area contributed by atoms with E-state index in [-0.39, 0.29) is 11.5 Å². The van der Waals surface area contributed by atoms with E-state index in [1.165, 1.54) is 6.07 Å². The smallest absolute Gasteiger partial charge is 0.379 e. The number of benzene rings is 3. The molecule has 0 fully saturated rings. The van der Waals surface area contributed by atoms with Gasteiger partial charge in [-0.1, -0.05) is 30.3 Å². The lowest BCUT2D eigenvalue weighted by Gasteiger charge is -2.06. The first-order chi connectivity index (χ1) is 16.6. The number of furan rings is 2. The third-order valence-corrected chi connectivity index (χ3v) is 5.54. The highest BCUT2D eigenvalue weighted by atomic mass is 16.5. The van der Waals surface area contributed by atoms with Crippen LogP contribution in [0.3, 0.4) is 0 Å². The van der Waals surface area contributed by atoms with Crippen LogP contribution in [0.1, 0.15) is 10.6 Å². The SMILES string of the molecule is COc1cccc2cc(-c3cc(=O)oc4ccc(OC(=O)c5cc6ccccc6o5)cc34)oc12. The van der Waals surface area contributed by atoms with Crippen LogP contribution in [0.4, 0.5) is 0 Å². The molecular formula is C27H16O7. The molecule has 0 saturated carbocycles. The normalized spacial score (nSPS) is 11.3. The molecule has 0 radical (unpaired) electrons. The molecule has 3 aromatic heterocycles. The number of carbonyl (C=O) groups is 1. The van der Waals surface area contributed by atoms with E-state index in [0.717, 1.165) is 10.8 Å². The summed E-state index contributed by atoms with van der Waals surface area (Å²) in [6.45, 7) is 0. The molecule has 3 heterocycles. The van der Waals surface area contributed by atoms with Crippen molar-refractivity contribution in [1.29, 1.82) is 0 Å². The summed E-state index contributed by atoms with van der Waals surface area (Å²) in [6.07, 6.45) is 0. The van der Waals surface area contributed by atoms with Crippen molar-refractivity contribution in [3.63, 3.8) is 0 Å². The Hall–Kier alpha value is -4.78. The van der Waals surface area contributed by atoms with Gasteiger partial charge < -0.3 is 22.7 Å². The van der Waals surface area contributed by atoms with Gasteiger partial charge in [-0.2, -0.15) is 0 Å². The molecule has 0 aliphatic heterocycles. The van der Waals surface area contributed by atoms with Crippen molar-refractivity contribution in [3.8, 4) is 22.8 Å². The molecule has 6 aromatic rings. The number of esters is 1. The standard InChI is InChI=1S/C27H16O7/c1-30-22-8-4-6-16-12-23(34-26(16)22)19-14-25(28)33-21-10-9-17(13-18(19)21)31-27(29)24-11-15-5-2-3-7-20(15)32-24/h2-14H,1H3. The zero-order valence-corrected chi connectivity index (χ0v) is 17.9. The van der Waals surface area contributed by atoms with Crippen molar-refractivity contribution in [1.82, 2.24) is 0 Å². The zero-order valence-electron chi connectivity index (χ0n) is 17.9. The van der Waals surface area contributed by atoms with Gasteiger partial charge in [0.25, 0.3) is 0 Å². The van der Waals surface area contributed by atoms with E-state index >= 15 is 0 Å². The molecule has 0 bridgehead atoms. The van der Waals surface area contributed by atoms with Gasteiger partial charge in [0.2, 0.25) is 5.76 Å². The zero-order chi connectivity index (χ0) is 23.2. The first-order valence-corrected chi connectivity index (χ1v) is 10.4. The average molecular weight is 452 g/mol. The summed E-state index contributed by atoms with van der Waals surface area (Å²) in [5.41, 5.74) is 1.47.